The fourth-order valence-electron chi connectivity index (χ4n) is 9.57. The number of ether oxygens (including phenoxy) is 3. The molecule has 6 nitrogen and oxygen atoms in total. The second-order valence-electron chi connectivity index (χ2n) is 22.7. The van der Waals surface area contributed by atoms with Gasteiger partial charge in [0.05, 0.1) is 0 Å². The maximum atomic E-state index is 12.9. The minimum atomic E-state index is -0.800. The number of esters is 3. The van der Waals surface area contributed by atoms with Crippen molar-refractivity contribution in [3.8, 4) is 0 Å². The van der Waals surface area contributed by atoms with E-state index in [2.05, 4.69) is 142 Å². The van der Waals surface area contributed by atoms with Gasteiger partial charge >= 0.3 is 17.9 Å². The van der Waals surface area contributed by atoms with Crippen molar-refractivity contribution in [3.05, 3.63) is 122 Å². The number of rotatable bonds is 62. The molecule has 0 spiro atoms. The summed E-state index contributed by atoms with van der Waals surface area (Å²) in [5.74, 6) is -0.920. The molecule has 0 amide bonds. The summed E-state index contributed by atoms with van der Waals surface area (Å²) in [5, 5.41) is 0. The van der Waals surface area contributed by atoms with Crippen LogP contribution in [-0.2, 0) is 28.6 Å². The van der Waals surface area contributed by atoms with Crippen LogP contribution in [-0.4, -0.2) is 37.2 Å². The number of hydrogen-bond acceptors (Lipinski definition) is 6. The molecule has 0 N–H and O–H groups in total. The third-order valence-corrected chi connectivity index (χ3v) is 14.7. The van der Waals surface area contributed by atoms with Crippen LogP contribution >= 0.6 is 0 Å². The predicted octanol–water partition coefficient (Wildman–Crippen LogP) is 23.9. The Balaban J connectivity index is 4.28. The van der Waals surface area contributed by atoms with Gasteiger partial charge in [-0.15, -0.1) is 0 Å². The molecule has 0 aliphatic rings. The van der Waals surface area contributed by atoms with Gasteiger partial charge in [0.15, 0.2) is 6.10 Å². The van der Waals surface area contributed by atoms with E-state index >= 15 is 0 Å². The Morgan fingerprint density at radius 2 is 0.476 bits per heavy atom. The number of carbonyl (C=O) groups excluding carboxylic acids is 3. The first-order valence-electron chi connectivity index (χ1n) is 34.5. The number of carbonyl (C=O) groups is 3. The van der Waals surface area contributed by atoms with Crippen LogP contribution in [0.1, 0.15) is 323 Å². The van der Waals surface area contributed by atoms with E-state index in [1.807, 2.05) is 0 Å². The smallest absolute Gasteiger partial charge is 0.306 e. The topological polar surface area (TPSA) is 78.9 Å². The van der Waals surface area contributed by atoms with Crippen molar-refractivity contribution in [3.63, 3.8) is 0 Å². The zero-order valence-corrected chi connectivity index (χ0v) is 53.7. The van der Waals surface area contributed by atoms with Gasteiger partial charge in [-0.1, -0.05) is 296 Å². The van der Waals surface area contributed by atoms with Gasteiger partial charge in [-0.2, -0.15) is 0 Å². The van der Waals surface area contributed by atoms with Gasteiger partial charge in [-0.25, -0.2) is 0 Å². The van der Waals surface area contributed by atoms with Crippen LogP contribution in [0.4, 0.5) is 0 Å². The Labute approximate surface area is 507 Å². The third-order valence-electron chi connectivity index (χ3n) is 14.7. The fraction of sp³-hybridized carbons (Fsp3) is 0.697. The SMILES string of the molecule is CC/C=C\C/C=C\C/C=C\C/C=C\CCCCCCCCCCCCCCCCCCCCC(=O)OCC(COC(=O)CCCCCCC/C=C\C/C=C\CCCCCC)OC(=O)CCCCCC/C=C\C/C=C\C/C=C\C/C=C\CC. The van der Waals surface area contributed by atoms with Crippen molar-refractivity contribution in [2.75, 3.05) is 13.2 Å². The summed E-state index contributed by atoms with van der Waals surface area (Å²) in [6.45, 7) is 6.39. The monoisotopic (exact) mass is 1140 g/mol. The van der Waals surface area contributed by atoms with Gasteiger partial charge < -0.3 is 14.2 Å². The molecule has 82 heavy (non-hydrogen) atoms. The summed E-state index contributed by atoms with van der Waals surface area (Å²) < 4.78 is 16.9. The second-order valence-corrected chi connectivity index (χ2v) is 22.7. The average molecular weight is 1140 g/mol. The molecule has 0 bridgehead atoms. The Morgan fingerprint density at radius 1 is 0.256 bits per heavy atom. The highest BCUT2D eigenvalue weighted by molar-refractivity contribution is 5.71. The number of unbranched alkanes of at least 4 members (excludes halogenated alkanes) is 31. The molecular formula is C76H128O6. The molecule has 0 radical (unpaired) electrons. The standard InChI is InChI=1S/C76H128O6/c1-4-7-10-13-16-19-22-25-28-31-32-33-34-35-36-37-38-39-40-41-42-43-44-46-48-51-54-57-60-63-66-69-75(78)81-72-73(71-80-74(77)68-65-62-59-56-53-50-47-30-27-24-21-18-15-12-9-6-3)82-76(79)70-67-64-61-58-55-52-49-45-29-26-23-20-17-14-11-8-5-2/h7-8,10-11,16-17,19-21,24-26,28-30,32-33,47,49,52,73H,4-6,9,12-15,18,22-23,27,31,34-46,48,50-51,53-72H2,1-3H3/b10-7-,11-8-,19-16-,20-17-,24-21-,28-25-,29-26-,33-32-,47-30-,52-49-. The lowest BCUT2D eigenvalue weighted by molar-refractivity contribution is -0.167. The lowest BCUT2D eigenvalue weighted by atomic mass is 10.0. The first-order chi connectivity index (χ1) is 40.5. The van der Waals surface area contributed by atoms with E-state index in [0.717, 1.165) is 148 Å². The lowest BCUT2D eigenvalue weighted by Crippen LogP contribution is -2.30. The fourth-order valence-corrected chi connectivity index (χ4v) is 9.57. The average Bonchev–Trinajstić information content (AvgIpc) is 3.48. The summed E-state index contributed by atoms with van der Waals surface area (Å²) in [6.07, 6.45) is 96.5. The highest BCUT2D eigenvalue weighted by Gasteiger charge is 2.19. The van der Waals surface area contributed by atoms with E-state index in [4.69, 9.17) is 14.2 Å². The Hall–Kier alpha value is -4.19. The van der Waals surface area contributed by atoms with Gasteiger partial charge in [-0.05, 0) is 128 Å². The molecule has 0 saturated heterocycles. The van der Waals surface area contributed by atoms with Crippen molar-refractivity contribution in [1.29, 1.82) is 0 Å². The van der Waals surface area contributed by atoms with E-state index in [0.29, 0.717) is 19.3 Å². The zero-order chi connectivity index (χ0) is 59.2. The van der Waals surface area contributed by atoms with Gasteiger partial charge in [0.1, 0.15) is 13.2 Å². The summed E-state index contributed by atoms with van der Waals surface area (Å²) in [6, 6.07) is 0. The van der Waals surface area contributed by atoms with Gasteiger partial charge in [-0.3, -0.25) is 14.4 Å². The maximum absolute atomic E-state index is 12.9. The van der Waals surface area contributed by atoms with Gasteiger partial charge in [0.25, 0.3) is 0 Å². The highest BCUT2D eigenvalue weighted by atomic mass is 16.6. The minimum Gasteiger partial charge on any atom is -0.462 e. The largest absolute Gasteiger partial charge is 0.462 e. The normalized spacial score (nSPS) is 12.9. The molecule has 0 fully saturated rings. The van der Waals surface area contributed by atoms with Crippen LogP contribution in [0.3, 0.4) is 0 Å². The quantitative estimate of drug-likeness (QED) is 0.0261. The summed E-state index contributed by atoms with van der Waals surface area (Å²) in [7, 11) is 0. The molecule has 0 aromatic heterocycles. The molecule has 0 aromatic carbocycles. The molecule has 1 unspecified atom stereocenters. The molecule has 6 heteroatoms. The van der Waals surface area contributed by atoms with Gasteiger partial charge in [0, 0.05) is 19.3 Å². The first kappa shape index (κ1) is 77.8. The third kappa shape index (κ3) is 66.6. The van der Waals surface area contributed by atoms with E-state index < -0.39 is 6.10 Å². The molecule has 0 aliphatic heterocycles. The van der Waals surface area contributed by atoms with Crippen LogP contribution < -0.4 is 0 Å². The van der Waals surface area contributed by atoms with Crippen LogP contribution in [0.25, 0.3) is 0 Å². The number of allylic oxidation sites excluding steroid dienone is 20. The van der Waals surface area contributed by atoms with Crippen molar-refractivity contribution < 1.29 is 28.6 Å². The minimum absolute atomic E-state index is 0.0921. The molecule has 0 aromatic rings. The predicted molar refractivity (Wildman–Crippen MR) is 357 cm³/mol. The molecular weight excluding hydrogens is 1010 g/mol. The summed E-state index contributed by atoms with van der Waals surface area (Å²) in [4.78, 5) is 38.4. The summed E-state index contributed by atoms with van der Waals surface area (Å²) >= 11 is 0. The van der Waals surface area contributed by atoms with Crippen molar-refractivity contribution in [2.45, 2.75) is 329 Å². The van der Waals surface area contributed by atoms with E-state index in [1.165, 1.54) is 135 Å². The van der Waals surface area contributed by atoms with Crippen LogP contribution in [0, 0.1) is 0 Å². The first-order valence-corrected chi connectivity index (χ1v) is 34.5. The maximum Gasteiger partial charge on any atom is 0.306 e. The highest BCUT2D eigenvalue weighted by Crippen LogP contribution is 2.17. The molecule has 0 aliphatic carbocycles. The van der Waals surface area contributed by atoms with E-state index in [-0.39, 0.29) is 31.1 Å². The van der Waals surface area contributed by atoms with Crippen molar-refractivity contribution in [1.82, 2.24) is 0 Å². The van der Waals surface area contributed by atoms with E-state index in [9.17, 15) is 14.4 Å². The van der Waals surface area contributed by atoms with Crippen LogP contribution in [0.15, 0.2) is 122 Å². The molecule has 0 heterocycles. The van der Waals surface area contributed by atoms with Crippen LogP contribution in [0.2, 0.25) is 0 Å². The van der Waals surface area contributed by atoms with Crippen LogP contribution in [0.5, 0.6) is 0 Å². The lowest BCUT2D eigenvalue weighted by Gasteiger charge is -2.18. The van der Waals surface area contributed by atoms with Crippen molar-refractivity contribution in [2.24, 2.45) is 0 Å². The van der Waals surface area contributed by atoms with Gasteiger partial charge in [0.2, 0.25) is 0 Å². The molecule has 1 atom stereocenters. The number of hydrogen-bond donors (Lipinski definition) is 0. The Morgan fingerprint density at radius 3 is 0.744 bits per heavy atom. The zero-order valence-electron chi connectivity index (χ0n) is 53.7. The second kappa shape index (κ2) is 69.3. The Bertz CT molecular complexity index is 1690. The van der Waals surface area contributed by atoms with Crippen molar-refractivity contribution >= 4 is 17.9 Å². The molecule has 0 saturated carbocycles. The Kier molecular flexibility index (Phi) is 65.8. The summed E-state index contributed by atoms with van der Waals surface area (Å²) in [5.41, 5.74) is 0. The molecule has 0 rings (SSSR count). The van der Waals surface area contributed by atoms with E-state index in [1.54, 1.807) is 0 Å². The molecule has 468 valence electrons.